The van der Waals surface area contributed by atoms with Crippen molar-refractivity contribution >= 4 is 11.6 Å². The van der Waals surface area contributed by atoms with Gasteiger partial charge in [0, 0.05) is 0 Å². The molecule has 2 heterocycles. The Morgan fingerprint density at radius 1 is 1.14 bits per heavy atom. The van der Waals surface area contributed by atoms with Gasteiger partial charge in [0.15, 0.2) is 18.0 Å². The minimum absolute atomic E-state index is 0.0402. The predicted octanol–water partition coefficient (Wildman–Crippen LogP) is 0.746. The van der Waals surface area contributed by atoms with Gasteiger partial charge in [0.05, 0.1) is 37.9 Å². The fourth-order valence-electron chi connectivity index (χ4n) is 3.90. The van der Waals surface area contributed by atoms with Crippen molar-refractivity contribution in [2.45, 2.75) is 13.0 Å². The van der Waals surface area contributed by atoms with Crippen molar-refractivity contribution in [1.29, 1.82) is 0 Å². The van der Waals surface area contributed by atoms with E-state index in [1.54, 1.807) is 6.07 Å². The van der Waals surface area contributed by atoms with Crippen molar-refractivity contribution in [3.63, 3.8) is 0 Å². The van der Waals surface area contributed by atoms with Crippen molar-refractivity contribution in [2.24, 2.45) is 0 Å². The number of nitrogens with one attached hydrogen (secondary N) is 2. The molecule has 0 radical (unpaired) electrons. The minimum Gasteiger partial charge on any atom is -0.506 e. The van der Waals surface area contributed by atoms with Crippen LogP contribution in [0.4, 0.5) is 5.69 Å². The number of rotatable bonds is 5. The van der Waals surface area contributed by atoms with E-state index in [0.717, 1.165) is 48.9 Å². The Kier molecular flexibility index (Phi) is 5.76. The van der Waals surface area contributed by atoms with Gasteiger partial charge >= 0.3 is 0 Å². The molecular weight excluding hydrogens is 370 g/mol. The lowest BCUT2D eigenvalue weighted by atomic mass is 10.1. The maximum Gasteiger partial charge on any atom is 0.275 e. The van der Waals surface area contributed by atoms with Crippen LogP contribution in [-0.2, 0) is 4.79 Å². The third-order valence-electron chi connectivity index (χ3n) is 5.55. The Balaban J connectivity index is 1.27. The second kappa shape index (κ2) is 8.61. The Morgan fingerprint density at radius 3 is 2.62 bits per heavy atom. The van der Waals surface area contributed by atoms with Crippen LogP contribution in [0.2, 0.25) is 0 Å². The van der Waals surface area contributed by atoms with E-state index in [4.69, 9.17) is 9.47 Å². The van der Waals surface area contributed by atoms with Crippen LogP contribution in [0.5, 0.6) is 17.2 Å². The van der Waals surface area contributed by atoms with Gasteiger partial charge < -0.3 is 29.7 Å². The number of carbonyl (C=O) groups is 1. The number of fused-ring (bicyclic) bond motifs is 1. The number of benzene rings is 2. The fourth-order valence-corrected chi connectivity index (χ4v) is 3.90. The van der Waals surface area contributed by atoms with Gasteiger partial charge in [-0.2, -0.15) is 0 Å². The van der Waals surface area contributed by atoms with Crippen molar-refractivity contribution in [2.75, 3.05) is 50.8 Å². The molecule has 2 aliphatic rings. The van der Waals surface area contributed by atoms with Crippen LogP contribution in [0.15, 0.2) is 42.5 Å². The van der Waals surface area contributed by atoms with E-state index in [-0.39, 0.29) is 11.9 Å². The van der Waals surface area contributed by atoms with Crippen molar-refractivity contribution in [3.05, 3.63) is 48.0 Å². The molecule has 1 saturated heterocycles. The molecule has 0 unspecified atom stereocenters. The molecule has 0 saturated carbocycles. The number of phenols is 1. The smallest absolute Gasteiger partial charge is 0.275 e. The molecule has 0 bridgehead atoms. The van der Waals surface area contributed by atoms with E-state index < -0.39 is 0 Å². The fraction of sp³-hybridized carbons (Fsp3) is 0.409. The van der Waals surface area contributed by atoms with Gasteiger partial charge in [-0.05, 0) is 36.8 Å². The summed E-state index contributed by atoms with van der Waals surface area (Å²) in [7, 11) is 0. The summed E-state index contributed by atoms with van der Waals surface area (Å²) in [5.74, 6) is 1.84. The number of nitrogens with zero attached hydrogens (tertiary/aromatic N) is 1. The molecule has 0 aromatic heterocycles. The highest BCUT2D eigenvalue weighted by atomic mass is 16.6. The molecular formula is C22H28N3O4+. The molecule has 2 aromatic carbocycles. The lowest BCUT2D eigenvalue weighted by Crippen LogP contribution is -3.15. The Labute approximate surface area is 170 Å². The standard InChI is InChI=1S/C22H27N3O4/c1-16(17-6-7-20-21(14-17)29-13-12-28-20)23-22(27)15-24-8-10-25(11-9-24)18-4-2-3-5-19(18)26/h2-7,14,16,26H,8-13,15H2,1H3,(H,23,27)/p+1/t16-/m1/s1. The topological polar surface area (TPSA) is 75.5 Å². The summed E-state index contributed by atoms with van der Waals surface area (Å²) in [4.78, 5) is 16.0. The number of piperazine rings is 1. The van der Waals surface area contributed by atoms with Crippen LogP contribution in [0, 0.1) is 0 Å². The first-order valence-corrected chi connectivity index (χ1v) is 10.2. The van der Waals surface area contributed by atoms with E-state index in [1.165, 1.54) is 4.90 Å². The third-order valence-corrected chi connectivity index (χ3v) is 5.55. The molecule has 1 fully saturated rings. The van der Waals surface area contributed by atoms with E-state index in [2.05, 4.69) is 10.2 Å². The zero-order valence-electron chi connectivity index (χ0n) is 16.7. The number of quaternary nitrogens is 1. The molecule has 0 aliphatic carbocycles. The molecule has 7 heteroatoms. The average Bonchev–Trinajstić information content (AvgIpc) is 2.74. The quantitative estimate of drug-likeness (QED) is 0.693. The lowest BCUT2D eigenvalue weighted by Gasteiger charge is -2.33. The normalized spacial score (nSPS) is 17.6. The number of hydrogen-bond acceptors (Lipinski definition) is 5. The number of anilines is 1. The van der Waals surface area contributed by atoms with E-state index in [1.807, 2.05) is 43.3 Å². The van der Waals surface area contributed by atoms with Crippen LogP contribution < -0.4 is 24.6 Å². The third kappa shape index (κ3) is 4.56. The molecule has 3 N–H and O–H groups in total. The molecule has 29 heavy (non-hydrogen) atoms. The number of ether oxygens (including phenoxy) is 2. The Morgan fingerprint density at radius 2 is 1.86 bits per heavy atom. The molecule has 1 atom stereocenters. The van der Waals surface area contributed by atoms with Gasteiger partial charge in [-0.15, -0.1) is 0 Å². The van der Waals surface area contributed by atoms with Gasteiger partial charge in [-0.25, -0.2) is 0 Å². The summed E-state index contributed by atoms with van der Waals surface area (Å²) < 4.78 is 11.2. The minimum atomic E-state index is -0.0970. The van der Waals surface area contributed by atoms with Crippen LogP contribution in [0.1, 0.15) is 18.5 Å². The Bertz CT molecular complexity index is 865. The second-order valence-electron chi connectivity index (χ2n) is 7.59. The highest BCUT2D eigenvalue weighted by molar-refractivity contribution is 5.77. The molecule has 0 spiro atoms. The SMILES string of the molecule is C[C@@H](NC(=O)C[NH+]1CCN(c2ccccc2O)CC1)c1ccc2c(c1)OCCO2. The molecule has 2 aromatic rings. The second-order valence-corrected chi connectivity index (χ2v) is 7.59. The summed E-state index contributed by atoms with van der Waals surface area (Å²) >= 11 is 0. The van der Waals surface area contributed by atoms with Crippen LogP contribution in [0.25, 0.3) is 0 Å². The van der Waals surface area contributed by atoms with Crippen molar-refractivity contribution in [3.8, 4) is 17.2 Å². The number of para-hydroxylation sites is 2. The highest BCUT2D eigenvalue weighted by Gasteiger charge is 2.24. The first kappa shape index (κ1) is 19.4. The summed E-state index contributed by atoms with van der Waals surface area (Å²) in [6, 6.07) is 13.1. The van der Waals surface area contributed by atoms with Gasteiger partial charge in [-0.3, -0.25) is 4.79 Å². The first-order valence-electron chi connectivity index (χ1n) is 10.2. The number of carbonyl (C=O) groups excluding carboxylic acids is 1. The van der Waals surface area contributed by atoms with Gasteiger partial charge in [0.25, 0.3) is 5.91 Å². The molecule has 2 aliphatic heterocycles. The molecule has 154 valence electrons. The summed E-state index contributed by atoms with van der Waals surface area (Å²) in [6.07, 6.45) is 0. The largest absolute Gasteiger partial charge is 0.506 e. The summed E-state index contributed by atoms with van der Waals surface area (Å²) in [5, 5.41) is 13.1. The summed E-state index contributed by atoms with van der Waals surface area (Å²) in [6.45, 7) is 6.90. The van der Waals surface area contributed by atoms with Gasteiger partial charge in [-0.1, -0.05) is 18.2 Å². The number of phenolic OH excluding ortho intramolecular Hbond substituents is 1. The number of amides is 1. The van der Waals surface area contributed by atoms with Crippen molar-refractivity contribution < 1.29 is 24.3 Å². The van der Waals surface area contributed by atoms with Crippen LogP contribution in [-0.4, -0.2) is 57.0 Å². The lowest BCUT2D eigenvalue weighted by molar-refractivity contribution is -0.892. The first-order chi connectivity index (χ1) is 14.1. The number of aromatic hydroxyl groups is 1. The summed E-state index contributed by atoms with van der Waals surface area (Å²) in [5.41, 5.74) is 1.87. The average molecular weight is 398 g/mol. The van der Waals surface area contributed by atoms with Crippen molar-refractivity contribution in [1.82, 2.24) is 5.32 Å². The van der Waals surface area contributed by atoms with Gasteiger partial charge in [0.1, 0.15) is 19.0 Å². The van der Waals surface area contributed by atoms with Crippen LogP contribution in [0.3, 0.4) is 0 Å². The van der Waals surface area contributed by atoms with E-state index in [0.29, 0.717) is 25.5 Å². The number of hydrogen-bond donors (Lipinski definition) is 3. The molecule has 7 nitrogen and oxygen atoms in total. The molecule has 4 rings (SSSR count). The zero-order chi connectivity index (χ0) is 20.2. The van der Waals surface area contributed by atoms with Gasteiger partial charge in [0.2, 0.25) is 0 Å². The Hall–Kier alpha value is -2.93. The van der Waals surface area contributed by atoms with Crippen LogP contribution >= 0.6 is 0 Å². The van der Waals surface area contributed by atoms with E-state index in [9.17, 15) is 9.90 Å². The maximum absolute atomic E-state index is 12.5. The monoisotopic (exact) mass is 398 g/mol. The zero-order valence-corrected chi connectivity index (χ0v) is 16.7. The highest BCUT2D eigenvalue weighted by Crippen LogP contribution is 2.32. The molecule has 1 amide bonds. The van der Waals surface area contributed by atoms with E-state index >= 15 is 0 Å². The maximum atomic E-state index is 12.5. The predicted molar refractivity (Wildman–Crippen MR) is 110 cm³/mol.